The Morgan fingerprint density at radius 2 is 2.15 bits per heavy atom. The molecular weight excluding hydrogens is 300 g/mol. The van der Waals surface area contributed by atoms with Gasteiger partial charge in [-0.3, -0.25) is 0 Å². The molecule has 1 N–H and O–H groups in total. The molecule has 0 spiro atoms. The van der Waals surface area contributed by atoms with Gasteiger partial charge in [0.05, 0.1) is 14.8 Å². The zero-order valence-electron chi connectivity index (χ0n) is 9.91. The van der Waals surface area contributed by atoms with Gasteiger partial charge in [0.25, 0.3) is 5.89 Å². The minimum absolute atomic E-state index is 0.174. The molecule has 0 unspecified atom stereocenters. The molecule has 0 saturated carbocycles. The van der Waals surface area contributed by atoms with Crippen molar-refractivity contribution in [3.8, 4) is 22.2 Å². The van der Waals surface area contributed by atoms with Crippen LogP contribution in [0.3, 0.4) is 0 Å². The fraction of sp³-hybridized carbons (Fsp3) is 0. The van der Waals surface area contributed by atoms with E-state index in [-0.39, 0.29) is 5.56 Å². The summed E-state index contributed by atoms with van der Waals surface area (Å²) in [6.07, 6.45) is 0. The minimum atomic E-state index is -0.999. The van der Waals surface area contributed by atoms with Crippen LogP contribution in [0.5, 0.6) is 0 Å². The van der Waals surface area contributed by atoms with Gasteiger partial charge in [0, 0.05) is 5.56 Å². The first-order chi connectivity index (χ1) is 9.63. The minimum Gasteiger partial charge on any atom is -0.478 e. The predicted octanol–water partition coefficient (Wildman–Crippen LogP) is 3.82. The second-order valence-corrected chi connectivity index (χ2v) is 5.63. The van der Waals surface area contributed by atoms with Gasteiger partial charge in [-0.15, -0.1) is 11.3 Å². The molecule has 2 aromatic heterocycles. The summed E-state index contributed by atoms with van der Waals surface area (Å²) in [6, 6.07) is 9.90. The first kappa shape index (κ1) is 12.8. The molecule has 100 valence electrons. The maximum Gasteiger partial charge on any atom is 0.335 e. The fourth-order valence-corrected chi connectivity index (χ4v) is 2.63. The number of carboxylic acids is 1. The van der Waals surface area contributed by atoms with Gasteiger partial charge in [-0.05, 0) is 24.3 Å². The standard InChI is InChI=1S/C13H7ClN2O3S/c14-10-5-4-9(20-10)12-15-11(16-19-12)7-2-1-3-8(6-7)13(17)18/h1-6H,(H,17,18). The molecule has 0 fully saturated rings. The van der Waals surface area contributed by atoms with Gasteiger partial charge in [-0.2, -0.15) is 4.98 Å². The number of thiophene rings is 1. The number of hydrogen-bond acceptors (Lipinski definition) is 5. The molecule has 5 nitrogen and oxygen atoms in total. The zero-order valence-corrected chi connectivity index (χ0v) is 11.5. The van der Waals surface area contributed by atoms with Crippen molar-refractivity contribution >= 4 is 28.9 Å². The van der Waals surface area contributed by atoms with E-state index in [1.807, 2.05) is 0 Å². The van der Waals surface area contributed by atoms with Gasteiger partial charge in [0.15, 0.2) is 0 Å². The molecular formula is C13H7ClN2O3S. The van der Waals surface area contributed by atoms with Gasteiger partial charge in [-0.25, -0.2) is 4.79 Å². The van der Waals surface area contributed by atoms with Crippen molar-refractivity contribution in [2.45, 2.75) is 0 Å². The molecule has 0 amide bonds. The van der Waals surface area contributed by atoms with E-state index in [0.717, 1.165) is 4.88 Å². The quantitative estimate of drug-likeness (QED) is 0.796. The lowest BCUT2D eigenvalue weighted by atomic mass is 10.1. The molecule has 20 heavy (non-hydrogen) atoms. The van der Waals surface area contributed by atoms with Crippen LogP contribution < -0.4 is 0 Å². The highest BCUT2D eigenvalue weighted by atomic mass is 35.5. The van der Waals surface area contributed by atoms with E-state index in [9.17, 15) is 4.79 Å². The van der Waals surface area contributed by atoms with Crippen LogP contribution in [0.4, 0.5) is 0 Å². The molecule has 0 saturated heterocycles. The molecule has 1 aromatic carbocycles. The lowest BCUT2D eigenvalue weighted by Crippen LogP contribution is -1.96. The van der Waals surface area contributed by atoms with E-state index < -0.39 is 5.97 Å². The Hall–Kier alpha value is -2.18. The summed E-state index contributed by atoms with van der Waals surface area (Å²) in [5.74, 6) is -0.300. The van der Waals surface area contributed by atoms with E-state index in [2.05, 4.69) is 10.1 Å². The average Bonchev–Trinajstić information content (AvgIpc) is 3.07. The number of nitrogens with zero attached hydrogens (tertiary/aromatic N) is 2. The summed E-state index contributed by atoms with van der Waals surface area (Å²) in [6.45, 7) is 0. The van der Waals surface area contributed by atoms with Crippen molar-refractivity contribution in [2.75, 3.05) is 0 Å². The maximum absolute atomic E-state index is 10.9. The summed E-state index contributed by atoms with van der Waals surface area (Å²) in [7, 11) is 0. The third kappa shape index (κ3) is 2.43. The summed E-state index contributed by atoms with van der Waals surface area (Å²) in [4.78, 5) is 15.9. The number of hydrogen-bond donors (Lipinski definition) is 1. The van der Waals surface area contributed by atoms with Crippen LogP contribution in [0.1, 0.15) is 10.4 Å². The lowest BCUT2D eigenvalue weighted by molar-refractivity contribution is 0.0697. The lowest BCUT2D eigenvalue weighted by Gasteiger charge is -1.96. The Bertz CT molecular complexity index is 781. The Balaban J connectivity index is 1.98. The summed E-state index contributed by atoms with van der Waals surface area (Å²) >= 11 is 7.19. The number of benzene rings is 1. The predicted molar refractivity (Wildman–Crippen MR) is 75.0 cm³/mol. The van der Waals surface area contributed by atoms with Gasteiger partial charge in [0.2, 0.25) is 5.82 Å². The van der Waals surface area contributed by atoms with Crippen molar-refractivity contribution in [3.05, 3.63) is 46.3 Å². The highest BCUT2D eigenvalue weighted by molar-refractivity contribution is 7.19. The first-order valence-electron chi connectivity index (χ1n) is 5.56. The number of rotatable bonds is 3. The highest BCUT2D eigenvalue weighted by Gasteiger charge is 2.13. The number of carbonyl (C=O) groups is 1. The average molecular weight is 307 g/mol. The Morgan fingerprint density at radius 3 is 2.85 bits per heavy atom. The van der Waals surface area contributed by atoms with Crippen LogP contribution in [-0.4, -0.2) is 21.2 Å². The van der Waals surface area contributed by atoms with Gasteiger partial charge in [0.1, 0.15) is 0 Å². The Morgan fingerprint density at radius 1 is 1.30 bits per heavy atom. The van der Waals surface area contributed by atoms with Crippen molar-refractivity contribution < 1.29 is 14.4 Å². The van der Waals surface area contributed by atoms with Crippen molar-refractivity contribution in [3.63, 3.8) is 0 Å². The van der Waals surface area contributed by atoms with Gasteiger partial charge >= 0.3 is 5.97 Å². The van der Waals surface area contributed by atoms with Crippen LogP contribution in [0.2, 0.25) is 4.34 Å². The molecule has 0 atom stereocenters. The SMILES string of the molecule is O=C(O)c1cccc(-c2noc(-c3ccc(Cl)s3)n2)c1. The van der Waals surface area contributed by atoms with Gasteiger partial charge < -0.3 is 9.63 Å². The van der Waals surface area contributed by atoms with Crippen LogP contribution in [0, 0.1) is 0 Å². The molecule has 0 bridgehead atoms. The summed E-state index contributed by atoms with van der Waals surface area (Å²) in [5.41, 5.74) is 0.760. The summed E-state index contributed by atoms with van der Waals surface area (Å²) in [5, 5.41) is 12.8. The smallest absolute Gasteiger partial charge is 0.335 e. The number of aromatic carboxylic acids is 1. The van der Waals surface area contributed by atoms with Crippen LogP contribution >= 0.6 is 22.9 Å². The van der Waals surface area contributed by atoms with Crippen LogP contribution in [0.25, 0.3) is 22.2 Å². The van der Waals surface area contributed by atoms with E-state index in [4.69, 9.17) is 21.2 Å². The van der Waals surface area contributed by atoms with E-state index in [0.29, 0.717) is 21.6 Å². The van der Waals surface area contributed by atoms with E-state index in [1.165, 1.54) is 23.5 Å². The van der Waals surface area contributed by atoms with Crippen molar-refractivity contribution in [1.82, 2.24) is 10.1 Å². The maximum atomic E-state index is 10.9. The number of aromatic nitrogens is 2. The number of halogens is 1. The molecule has 0 aliphatic rings. The molecule has 2 heterocycles. The highest BCUT2D eigenvalue weighted by Crippen LogP contribution is 2.31. The van der Waals surface area contributed by atoms with Crippen LogP contribution in [0.15, 0.2) is 40.9 Å². The molecule has 3 aromatic rings. The third-order valence-corrected chi connectivity index (χ3v) is 3.80. The molecule has 0 aliphatic heterocycles. The van der Waals surface area contributed by atoms with Crippen molar-refractivity contribution in [2.24, 2.45) is 0 Å². The second-order valence-electron chi connectivity index (χ2n) is 3.91. The Kier molecular flexibility index (Phi) is 3.25. The third-order valence-electron chi connectivity index (χ3n) is 2.58. The monoisotopic (exact) mass is 306 g/mol. The Labute approximate surface area is 122 Å². The normalized spacial score (nSPS) is 10.7. The van der Waals surface area contributed by atoms with E-state index in [1.54, 1.807) is 24.3 Å². The number of carboxylic acid groups (broad SMARTS) is 1. The summed E-state index contributed by atoms with van der Waals surface area (Å²) < 4.78 is 5.79. The molecule has 3 rings (SSSR count). The van der Waals surface area contributed by atoms with E-state index >= 15 is 0 Å². The second kappa shape index (κ2) is 5.07. The first-order valence-corrected chi connectivity index (χ1v) is 6.76. The topological polar surface area (TPSA) is 76.2 Å². The van der Waals surface area contributed by atoms with Crippen molar-refractivity contribution in [1.29, 1.82) is 0 Å². The fourth-order valence-electron chi connectivity index (χ4n) is 1.66. The molecule has 0 aliphatic carbocycles. The van der Waals surface area contributed by atoms with Crippen LogP contribution in [-0.2, 0) is 0 Å². The molecule has 7 heteroatoms. The molecule has 0 radical (unpaired) electrons. The van der Waals surface area contributed by atoms with Gasteiger partial charge in [-0.1, -0.05) is 28.9 Å². The largest absolute Gasteiger partial charge is 0.478 e. The zero-order chi connectivity index (χ0) is 14.1.